The highest BCUT2D eigenvalue weighted by atomic mass is 16.2. The van der Waals surface area contributed by atoms with Crippen molar-refractivity contribution in [3.63, 3.8) is 0 Å². The van der Waals surface area contributed by atoms with Gasteiger partial charge in [-0.1, -0.05) is 26.0 Å². The summed E-state index contributed by atoms with van der Waals surface area (Å²) in [4.78, 5) is 29.5. The molecule has 7 nitrogen and oxygen atoms in total. The normalized spacial score (nSPS) is 15.4. The second kappa shape index (κ2) is 9.22. The SMILES string of the molecule is CC(C)c1cc(C(=O)NCc2ccc(C(=O)N3CCN(C)CC3)cc2)nn1C(C)(C)C. The van der Waals surface area contributed by atoms with E-state index < -0.39 is 0 Å². The van der Waals surface area contributed by atoms with Crippen LogP contribution >= 0.6 is 0 Å². The van der Waals surface area contributed by atoms with Crippen molar-refractivity contribution in [2.75, 3.05) is 33.2 Å². The van der Waals surface area contributed by atoms with Crippen LogP contribution in [0.1, 0.15) is 72.6 Å². The van der Waals surface area contributed by atoms with Gasteiger partial charge in [-0.2, -0.15) is 5.10 Å². The average molecular weight is 426 g/mol. The molecule has 7 heteroatoms. The Bertz CT molecular complexity index is 916. The van der Waals surface area contributed by atoms with Crippen LogP contribution in [0.4, 0.5) is 0 Å². The van der Waals surface area contributed by atoms with Crippen molar-refractivity contribution in [2.24, 2.45) is 0 Å². The van der Waals surface area contributed by atoms with E-state index in [1.807, 2.05) is 39.9 Å². The Morgan fingerprint density at radius 2 is 1.68 bits per heavy atom. The predicted molar refractivity (Wildman–Crippen MR) is 122 cm³/mol. The summed E-state index contributed by atoms with van der Waals surface area (Å²) in [6, 6.07) is 9.36. The van der Waals surface area contributed by atoms with E-state index in [9.17, 15) is 9.59 Å². The smallest absolute Gasteiger partial charge is 0.272 e. The molecule has 0 aliphatic carbocycles. The Morgan fingerprint density at radius 1 is 1.06 bits per heavy atom. The number of nitrogens with zero attached hydrogens (tertiary/aromatic N) is 4. The van der Waals surface area contributed by atoms with Crippen LogP contribution < -0.4 is 5.32 Å². The Balaban J connectivity index is 1.61. The van der Waals surface area contributed by atoms with E-state index in [1.54, 1.807) is 0 Å². The van der Waals surface area contributed by atoms with E-state index in [0.717, 1.165) is 37.4 Å². The number of piperazine rings is 1. The molecule has 0 radical (unpaired) electrons. The number of rotatable bonds is 5. The highest BCUT2D eigenvalue weighted by molar-refractivity contribution is 5.94. The standard InChI is InChI=1S/C24H35N5O2/c1-17(2)21-15-20(26-29(21)24(3,4)5)22(30)25-16-18-7-9-19(10-8-18)23(31)28-13-11-27(6)12-14-28/h7-10,15,17H,11-14,16H2,1-6H3,(H,25,30). The highest BCUT2D eigenvalue weighted by Gasteiger charge is 2.24. The number of amides is 2. The molecule has 31 heavy (non-hydrogen) atoms. The van der Waals surface area contributed by atoms with Gasteiger partial charge in [-0.15, -0.1) is 0 Å². The molecule has 1 N–H and O–H groups in total. The minimum atomic E-state index is -0.192. The van der Waals surface area contributed by atoms with Gasteiger partial charge in [0.15, 0.2) is 0 Å². The molecule has 1 aliphatic rings. The van der Waals surface area contributed by atoms with Gasteiger partial charge in [-0.25, -0.2) is 0 Å². The number of carbonyl (C=O) groups is 2. The quantitative estimate of drug-likeness (QED) is 0.799. The largest absolute Gasteiger partial charge is 0.347 e. The molecule has 3 rings (SSSR count). The molecule has 2 amide bonds. The van der Waals surface area contributed by atoms with Crippen LogP contribution in [-0.4, -0.2) is 64.6 Å². The third-order valence-electron chi connectivity index (χ3n) is 5.64. The van der Waals surface area contributed by atoms with Crippen molar-refractivity contribution in [1.82, 2.24) is 24.9 Å². The first-order valence-electron chi connectivity index (χ1n) is 11.0. The molecule has 0 unspecified atom stereocenters. The van der Waals surface area contributed by atoms with Crippen LogP contribution in [0.15, 0.2) is 30.3 Å². The highest BCUT2D eigenvalue weighted by Crippen LogP contribution is 2.23. The molecule has 1 aromatic carbocycles. The first kappa shape index (κ1) is 23.0. The Hall–Kier alpha value is -2.67. The second-order valence-corrected chi connectivity index (χ2v) is 9.67. The molecular formula is C24H35N5O2. The first-order valence-corrected chi connectivity index (χ1v) is 11.0. The van der Waals surface area contributed by atoms with Gasteiger partial charge in [0.05, 0.1) is 5.54 Å². The fourth-order valence-electron chi connectivity index (χ4n) is 3.69. The first-order chi connectivity index (χ1) is 14.6. The van der Waals surface area contributed by atoms with E-state index in [2.05, 4.69) is 57.0 Å². The van der Waals surface area contributed by atoms with Crippen LogP contribution in [0.2, 0.25) is 0 Å². The van der Waals surface area contributed by atoms with Gasteiger partial charge in [0, 0.05) is 44.0 Å². The fourth-order valence-corrected chi connectivity index (χ4v) is 3.69. The number of hydrogen-bond donors (Lipinski definition) is 1. The molecule has 2 aromatic rings. The molecule has 1 aromatic heterocycles. The third-order valence-corrected chi connectivity index (χ3v) is 5.64. The molecule has 0 atom stereocenters. The van der Waals surface area contributed by atoms with Crippen LogP contribution in [0.25, 0.3) is 0 Å². The molecule has 1 saturated heterocycles. The van der Waals surface area contributed by atoms with Crippen LogP contribution in [-0.2, 0) is 12.1 Å². The van der Waals surface area contributed by atoms with Gasteiger partial charge in [0.2, 0.25) is 0 Å². The molecule has 1 aliphatic heterocycles. The fraction of sp³-hybridized carbons (Fsp3) is 0.542. The maximum absolute atomic E-state index is 12.7. The number of aromatic nitrogens is 2. The number of hydrogen-bond acceptors (Lipinski definition) is 4. The summed E-state index contributed by atoms with van der Waals surface area (Å²) in [7, 11) is 2.07. The van der Waals surface area contributed by atoms with Gasteiger partial charge >= 0.3 is 0 Å². The number of likely N-dealkylation sites (N-methyl/N-ethyl adjacent to an activating group) is 1. The summed E-state index contributed by atoms with van der Waals surface area (Å²) < 4.78 is 1.94. The third kappa shape index (κ3) is 5.53. The lowest BCUT2D eigenvalue weighted by molar-refractivity contribution is 0.0664. The summed E-state index contributed by atoms with van der Waals surface area (Å²) in [6.45, 7) is 14.2. The zero-order chi connectivity index (χ0) is 22.8. The van der Waals surface area contributed by atoms with Crippen molar-refractivity contribution in [1.29, 1.82) is 0 Å². The molecule has 0 bridgehead atoms. The van der Waals surface area contributed by atoms with E-state index >= 15 is 0 Å². The Kier molecular flexibility index (Phi) is 6.84. The molecule has 1 fully saturated rings. The van der Waals surface area contributed by atoms with Crippen molar-refractivity contribution in [2.45, 2.75) is 52.6 Å². The summed E-state index contributed by atoms with van der Waals surface area (Å²) in [5.41, 5.74) is 2.92. The lowest BCUT2D eigenvalue weighted by Crippen LogP contribution is -2.47. The average Bonchev–Trinajstić information content (AvgIpc) is 3.19. The Morgan fingerprint density at radius 3 is 2.19 bits per heavy atom. The van der Waals surface area contributed by atoms with Crippen LogP contribution in [0.3, 0.4) is 0 Å². The summed E-state index contributed by atoms with van der Waals surface area (Å²) >= 11 is 0. The van der Waals surface area contributed by atoms with E-state index in [-0.39, 0.29) is 23.3 Å². The predicted octanol–water partition coefficient (Wildman–Crippen LogP) is 3.08. The monoisotopic (exact) mass is 425 g/mol. The van der Waals surface area contributed by atoms with Gasteiger partial charge in [0.1, 0.15) is 5.69 Å². The lowest BCUT2D eigenvalue weighted by atomic mass is 10.1. The maximum atomic E-state index is 12.7. The van der Waals surface area contributed by atoms with Crippen molar-refractivity contribution >= 4 is 11.8 Å². The van der Waals surface area contributed by atoms with Crippen LogP contribution in [0.5, 0.6) is 0 Å². The molecule has 168 valence electrons. The minimum absolute atomic E-state index is 0.0672. The van der Waals surface area contributed by atoms with Crippen molar-refractivity contribution in [3.8, 4) is 0 Å². The summed E-state index contributed by atoms with van der Waals surface area (Å²) in [6.07, 6.45) is 0. The molecule has 0 saturated carbocycles. The van der Waals surface area contributed by atoms with Crippen LogP contribution in [0, 0.1) is 0 Å². The number of benzene rings is 1. The van der Waals surface area contributed by atoms with Crippen molar-refractivity contribution in [3.05, 3.63) is 52.8 Å². The van der Waals surface area contributed by atoms with Gasteiger partial charge in [-0.05, 0) is 57.5 Å². The molecule has 0 spiro atoms. The molecular weight excluding hydrogens is 390 g/mol. The van der Waals surface area contributed by atoms with E-state index in [1.165, 1.54) is 0 Å². The summed E-state index contributed by atoms with van der Waals surface area (Å²) in [5.74, 6) is 0.152. The molecule has 2 heterocycles. The zero-order valence-electron chi connectivity index (χ0n) is 19.6. The lowest BCUT2D eigenvalue weighted by Gasteiger charge is -2.32. The topological polar surface area (TPSA) is 70.5 Å². The van der Waals surface area contributed by atoms with Crippen molar-refractivity contribution < 1.29 is 9.59 Å². The number of nitrogens with one attached hydrogen (secondary N) is 1. The maximum Gasteiger partial charge on any atom is 0.272 e. The summed E-state index contributed by atoms with van der Waals surface area (Å²) in [5, 5.41) is 7.51. The zero-order valence-corrected chi connectivity index (χ0v) is 19.6. The van der Waals surface area contributed by atoms with Gasteiger partial charge in [-0.3, -0.25) is 14.3 Å². The van der Waals surface area contributed by atoms with E-state index in [4.69, 9.17) is 0 Å². The second-order valence-electron chi connectivity index (χ2n) is 9.67. The minimum Gasteiger partial charge on any atom is -0.347 e. The number of carbonyl (C=O) groups excluding carboxylic acids is 2. The van der Waals surface area contributed by atoms with E-state index in [0.29, 0.717) is 17.8 Å². The van der Waals surface area contributed by atoms with Gasteiger partial charge < -0.3 is 15.1 Å². The van der Waals surface area contributed by atoms with Gasteiger partial charge in [0.25, 0.3) is 11.8 Å². The Labute approximate surface area is 185 Å².